The van der Waals surface area contributed by atoms with Crippen molar-refractivity contribution in [3.8, 4) is 43.9 Å². The van der Waals surface area contributed by atoms with E-state index in [-0.39, 0.29) is 0 Å². The predicted molar refractivity (Wildman–Crippen MR) is 117 cm³/mol. The van der Waals surface area contributed by atoms with Crippen molar-refractivity contribution >= 4 is 11.3 Å². The molecule has 5 heteroatoms. The molecule has 0 saturated heterocycles. The van der Waals surface area contributed by atoms with E-state index in [0.29, 0.717) is 0 Å². The van der Waals surface area contributed by atoms with Crippen molar-refractivity contribution < 1.29 is 0 Å². The van der Waals surface area contributed by atoms with Crippen molar-refractivity contribution in [3.63, 3.8) is 0 Å². The zero-order valence-electron chi connectivity index (χ0n) is 15.4. The second kappa shape index (κ2) is 7.73. The third-order valence-electron chi connectivity index (χ3n) is 4.46. The van der Waals surface area contributed by atoms with Crippen molar-refractivity contribution in [3.05, 3.63) is 97.3 Å². The Bertz CT molecular complexity index is 1150. The fourth-order valence-corrected chi connectivity index (χ4v) is 4.02. The number of pyridine rings is 4. The maximum absolute atomic E-state index is 4.80. The van der Waals surface area contributed by atoms with E-state index in [1.165, 1.54) is 0 Å². The van der Waals surface area contributed by atoms with Crippen LogP contribution >= 0.6 is 11.3 Å². The molecule has 0 aliphatic rings. The molecule has 4 nitrogen and oxygen atoms in total. The van der Waals surface area contributed by atoms with Gasteiger partial charge in [0, 0.05) is 12.4 Å². The van der Waals surface area contributed by atoms with Gasteiger partial charge in [0.05, 0.1) is 43.9 Å². The molecule has 0 atom stereocenters. The Labute approximate surface area is 172 Å². The largest absolute Gasteiger partial charge is 0.255 e. The minimum absolute atomic E-state index is 0.869. The van der Waals surface area contributed by atoms with Crippen LogP contribution in [0, 0.1) is 0 Å². The molecule has 0 unspecified atom stereocenters. The quantitative estimate of drug-likeness (QED) is 0.377. The van der Waals surface area contributed by atoms with Gasteiger partial charge in [0.1, 0.15) is 0 Å². The smallest absolute Gasteiger partial charge is 0.0894 e. The van der Waals surface area contributed by atoms with E-state index in [1.54, 1.807) is 23.7 Å². The molecule has 5 rings (SSSR count). The highest BCUT2D eigenvalue weighted by molar-refractivity contribution is 7.18. The SMILES string of the molecule is c1ccc(-c2cccc(-c3ccc(-c4cccc(-c5ccccn5)n4)s3)n2)nc1. The Kier molecular flexibility index (Phi) is 4.64. The third kappa shape index (κ3) is 3.68. The van der Waals surface area contributed by atoms with Crippen molar-refractivity contribution in [2.75, 3.05) is 0 Å². The summed E-state index contributed by atoms with van der Waals surface area (Å²) in [6.07, 6.45) is 3.57. The highest BCUT2D eigenvalue weighted by Gasteiger charge is 2.10. The highest BCUT2D eigenvalue weighted by Crippen LogP contribution is 2.34. The van der Waals surface area contributed by atoms with Crippen LogP contribution in [0.25, 0.3) is 43.9 Å². The molecule has 0 aromatic carbocycles. The molecule has 5 aromatic rings. The zero-order chi connectivity index (χ0) is 19.5. The van der Waals surface area contributed by atoms with Gasteiger partial charge in [-0.05, 0) is 60.7 Å². The number of thiophene rings is 1. The minimum atomic E-state index is 0.869. The van der Waals surface area contributed by atoms with Gasteiger partial charge in [0.15, 0.2) is 0 Å². The van der Waals surface area contributed by atoms with Gasteiger partial charge in [0.25, 0.3) is 0 Å². The first-order valence-corrected chi connectivity index (χ1v) is 10.1. The van der Waals surface area contributed by atoms with Crippen molar-refractivity contribution in [2.45, 2.75) is 0 Å². The molecular formula is C24H16N4S. The lowest BCUT2D eigenvalue weighted by molar-refractivity contribution is 1.25. The summed E-state index contributed by atoms with van der Waals surface area (Å²) < 4.78 is 0. The summed E-state index contributed by atoms with van der Waals surface area (Å²) in [7, 11) is 0. The van der Waals surface area contributed by atoms with Gasteiger partial charge in [-0.3, -0.25) is 9.97 Å². The highest BCUT2D eigenvalue weighted by atomic mass is 32.1. The second-order valence-corrected chi connectivity index (χ2v) is 7.49. The van der Waals surface area contributed by atoms with Crippen LogP contribution in [0.4, 0.5) is 0 Å². The lowest BCUT2D eigenvalue weighted by Gasteiger charge is -2.03. The van der Waals surface area contributed by atoms with Crippen LogP contribution in [0.3, 0.4) is 0 Å². The van der Waals surface area contributed by atoms with Crippen molar-refractivity contribution in [1.29, 1.82) is 0 Å². The monoisotopic (exact) mass is 392 g/mol. The average molecular weight is 392 g/mol. The number of nitrogens with zero attached hydrogens (tertiary/aromatic N) is 4. The Morgan fingerprint density at radius 1 is 0.414 bits per heavy atom. The van der Waals surface area contributed by atoms with Crippen molar-refractivity contribution in [1.82, 2.24) is 19.9 Å². The van der Waals surface area contributed by atoms with Crippen LogP contribution in [0.15, 0.2) is 97.3 Å². The van der Waals surface area contributed by atoms with Gasteiger partial charge < -0.3 is 0 Å². The summed E-state index contributed by atoms with van der Waals surface area (Å²) >= 11 is 1.68. The van der Waals surface area contributed by atoms with E-state index in [9.17, 15) is 0 Å². The normalized spacial score (nSPS) is 10.8. The molecule has 0 aliphatic heterocycles. The zero-order valence-corrected chi connectivity index (χ0v) is 16.3. The molecular weight excluding hydrogens is 376 g/mol. The van der Waals surface area contributed by atoms with Crippen LogP contribution in [-0.2, 0) is 0 Å². The molecule has 0 bridgehead atoms. The molecule has 5 heterocycles. The fraction of sp³-hybridized carbons (Fsp3) is 0. The first-order valence-electron chi connectivity index (χ1n) is 9.24. The van der Waals surface area contributed by atoms with Gasteiger partial charge in [-0.1, -0.05) is 24.3 Å². The Hall–Kier alpha value is -3.70. The van der Waals surface area contributed by atoms with E-state index >= 15 is 0 Å². The summed E-state index contributed by atoms with van der Waals surface area (Å²) in [5, 5.41) is 0. The molecule has 5 aromatic heterocycles. The van der Waals surface area contributed by atoms with E-state index in [0.717, 1.165) is 43.9 Å². The molecule has 0 aliphatic carbocycles. The van der Waals surface area contributed by atoms with Gasteiger partial charge in [-0.15, -0.1) is 11.3 Å². The van der Waals surface area contributed by atoms with E-state index in [2.05, 4.69) is 22.1 Å². The number of rotatable bonds is 4. The molecule has 0 amide bonds. The average Bonchev–Trinajstić information content (AvgIpc) is 3.31. The Balaban J connectivity index is 1.48. The lowest BCUT2D eigenvalue weighted by Crippen LogP contribution is -1.88. The summed E-state index contributed by atoms with van der Waals surface area (Å²) in [6.45, 7) is 0. The van der Waals surface area contributed by atoms with E-state index < -0.39 is 0 Å². The topological polar surface area (TPSA) is 51.6 Å². The van der Waals surface area contributed by atoms with Gasteiger partial charge in [0.2, 0.25) is 0 Å². The lowest BCUT2D eigenvalue weighted by atomic mass is 10.2. The summed E-state index contributed by atoms with van der Waals surface area (Å²) in [4.78, 5) is 20.6. The van der Waals surface area contributed by atoms with E-state index in [4.69, 9.17) is 9.97 Å². The van der Waals surface area contributed by atoms with Gasteiger partial charge in [-0.25, -0.2) is 9.97 Å². The third-order valence-corrected chi connectivity index (χ3v) is 5.59. The van der Waals surface area contributed by atoms with Crippen LogP contribution in [0.1, 0.15) is 0 Å². The number of hydrogen-bond acceptors (Lipinski definition) is 5. The van der Waals surface area contributed by atoms with Crippen molar-refractivity contribution in [2.24, 2.45) is 0 Å². The molecule has 0 spiro atoms. The Morgan fingerprint density at radius 3 is 1.31 bits per heavy atom. The second-order valence-electron chi connectivity index (χ2n) is 6.41. The summed E-state index contributed by atoms with van der Waals surface area (Å²) in [5.41, 5.74) is 5.35. The Morgan fingerprint density at radius 2 is 0.862 bits per heavy atom. The van der Waals surface area contributed by atoms with Crippen LogP contribution < -0.4 is 0 Å². The van der Waals surface area contributed by atoms with Crippen LogP contribution in [0.2, 0.25) is 0 Å². The van der Waals surface area contributed by atoms with E-state index in [1.807, 2.05) is 72.8 Å². The molecule has 0 radical (unpaired) electrons. The maximum atomic E-state index is 4.80. The first-order chi connectivity index (χ1) is 14.4. The molecule has 0 saturated carbocycles. The standard InChI is InChI=1S/C24H16N4S/c1-3-15-25-17(7-1)19-9-5-11-21(27-19)23-13-14-24(29-23)22-12-6-10-20(28-22)18-8-2-4-16-26-18/h1-16H. The number of aromatic nitrogens is 4. The maximum Gasteiger partial charge on any atom is 0.0894 e. The fourth-order valence-electron chi connectivity index (χ4n) is 3.07. The summed E-state index contributed by atoms with van der Waals surface area (Å²) in [6, 6.07) is 28.0. The summed E-state index contributed by atoms with van der Waals surface area (Å²) in [5.74, 6) is 0. The predicted octanol–water partition coefficient (Wildman–Crippen LogP) is 6.00. The molecule has 0 fully saturated rings. The molecule has 0 N–H and O–H groups in total. The van der Waals surface area contributed by atoms with Gasteiger partial charge in [-0.2, -0.15) is 0 Å². The van der Waals surface area contributed by atoms with Gasteiger partial charge >= 0.3 is 0 Å². The first kappa shape index (κ1) is 17.4. The van der Waals surface area contributed by atoms with Crippen LogP contribution in [0.5, 0.6) is 0 Å². The number of hydrogen-bond donors (Lipinski definition) is 0. The van der Waals surface area contributed by atoms with Crippen LogP contribution in [-0.4, -0.2) is 19.9 Å². The molecule has 138 valence electrons. The molecule has 29 heavy (non-hydrogen) atoms. The minimum Gasteiger partial charge on any atom is -0.255 e.